The molecule has 0 aliphatic rings. The fourth-order valence-electron chi connectivity index (χ4n) is 6.02. The van der Waals surface area contributed by atoms with Crippen molar-refractivity contribution >= 4 is 47.8 Å². The molecule has 0 heterocycles. The summed E-state index contributed by atoms with van der Waals surface area (Å²) in [4.78, 5) is 95.1. The summed E-state index contributed by atoms with van der Waals surface area (Å²) in [5.74, 6) is -6.43. The molecule has 0 spiro atoms. The largest absolute Gasteiger partial charge is 0.513 e. The number of carbonyl (C=O) groups is 8. The Kier molecular flexibility index (Phi) is 30.9. The first kappa shape index (κ1) is 52.5. The van der Waals surface area contributed by atoms with Crippen molar-refractivity contribution in [3.63, 3.8) is 0 Å². The van der Waals surface area contributed by atoms with Crippen LogP contribution in [0.1, 0.15) is 161 Å². The van der Waals surface area contributed by atoms with Crippen molar-refractivity contribution in [3.05, 3.63) is 12.3 Å². The predicted molar refractivity (Wildman–Crippen MR) is 213 cm³/mol. The molecule has 17 nitrogen and oxygen atoms in total. The van der Waals surface area contributed by atoms with Crippen LogP contribution in [-0.4, -0.2) is 99.0 Å². The summed E-state index contributed by atoms with van der Waals surface area (Å²) in [6.45, 7) is 3.80. The number of nitrogens with one attached hydrogen (secondary N) is 4. The predicted octanol–water partition coefficient (Wildman–Crippen LogP) is 4.16. The fraction of sp³-hybridized carbons (Fsp3) is 0.750. The van der Waals surface area contributed by atoms with Gasteiger partial charge in [0.2, 0.25) is 23.6 Å². The SMILES string of the molecule is C=C(O)CCCCCCCCCCCCCCCCC(=O)N[C@@H](CCC(=O)N[C@@H](CCC(=O)N[C@@H](CCC(=O)NCCCC[C@H](N)C=O)C(=O)O)C(=O)O)C(=O)O. The fourth-order valence-corrected chi connectivity index (χ4v) is 6.02. The van der Waals surface area contributed by atoms with Gasteiger partial charge in [-0.05, 0) is 51.4 Å². The van der Waals surface area contributed by atoms with Gasteiger partial charge in [0.15, 0.2) is 0 Å². The Morgan fingerprint density at radius 1 is 0.456 bits per heavy atom. The van der Waals surface area contributed by atoms with Gasteiger partial charge in [0.1, 0.15) is 24.4 Å². The van der Waals surface area contributed by atoms with E-state index in [0.717, 1.165) is 38.5 Å². The summed E-state index contributed by atoms with van der Waals surface area (Å²) in [6.07, 6.45) is 16.4. The lowest BCUT2D eigenvalue weighted by molar-refractivity contribution is -0.144. The second-order valence-electron chi connectivity index (χ2n) is 14.7. The Labute approximate surface area is 336 Å². The van der Waals surface area contributed by atoms with Crippen LogP contribution in [-0.2, 0) is 38.4 Å². The number of amides is 4. The molecule has 0 fully saturated rings. The first-order valence-electron chi connectivity index (χ1n) is 20.6. The summed E-state index contributed by atoms with van der Waals surface area (Å²) >= 11 is 0. The van der Waals surface area contributed by atoms with Gasteiger partial charge in [-0.1, -0.05) is 83.6 Å². The van der Waals surface area contributed by atoms with Gasteiger partial charge in [-0.3, -0.25) is 19.2 Å². The summed E-state index contributed by atoms with van der Waals surface area (Å²) < 4.78 is 0. The molecule has 0 aliphatic heterocycles. The molecule has 0 saturated carbocycles. The molecule has 326 valence electrons. The van der Waals surface area contributed by atoms with Crippen molar-refractivity contribution in [2.75, 3.05) is 6.54 Å². The first-order chi connectivity index (χ1) is 27.2. The van der Waals surface area contributed by atoms with Crippen molar-refractivity contribution in [2.45, 2.75) is 185 Å². The van der Waals surface area contributed by atoms with Crippen LogP contribution in [0.15, 0.2) is 12.3 Å². The third kappa shape index (κ3) is 31.3. The summed E-state index contributed by atoms with van der Waals surface area (Å²) in [5, 5.41) is 47.2. The maximum Gasteiger partial charge on any atom is 0.326 e. The minimum absolute atomic E-state index is 0.143. The zero-order chi connectivity index (χ0) is 42.8. The van der Waals surface area contributed by atoms with Crippen LogP contribution >= 0.6 is 0 Å². The van der Waals surface area contributed by atoms with Crippen LogP contribution in [0.4, 0.5) is 0 Å². The Morgan fingerprint density at radius 2 is 0.789 bits per heavy atom. The lowest BCUT2D eigenvalue weighted by Crippen LogP contribution is -2.45. The van der Waals surface area contributed by atoms with E-state index in [4.69, 9.17) is 10.8 Å². The van der Waals surface area contributed by atoms with Crippen LogP contribution in [0.25, 0.3) is 0 Å². The van der Waals surface area contributed by atoms with Crippen molar-refractivity contribution in [1.82, 2.24) is 21.3 Å². The van der Waals surface area contributed by atoms with E-state index in [2.05, 4.69) is 27.8 Å². The van der Waals surface area contributed by atoms with Gasteiger partial charge in [0.25, 0.3) is 0 Å². The van der Waals surface area contributed by atoms with Crippen molar-refractivity contribution < 1.29 is 58.8 Å². The maximum atomic E-state index is 12.5. The van der Waals surface area contributed by atoms with Crippen LogP contribution < -0.4 is 27.0 Å². The number of aldehydes is 1. The highest BCUT2D eigenvalue weighted by Gasteiger charge is 2.26. The Morgan fingerprint density at radius 3 is 1.14 bits per heavy atom. The number of carbonyl (C=O) groups excluding carboxylic acids is 5. The number of rotatable bonds is 38. The molecule has 17 heteroatoms. The molecule has 10 N–H and O–H groups in total. The molecule has 0 aromatic heterocycles. The van der Waals surface area contributed by atoms with E-state index in [1.165, 1.54) is 44.9 Å². The maximum absolute atomic E-state index is 12.5. The monoisotopic (exact) mass is 811 g/mol. The molecule has 0 radical (unpaired) electrons. The summed E-state index contributed by atoms with van der Waals surface area (Å²) in [5.41, 5.74) is 5.50. The smallest absolute Gasteiger partial charge is 0.326 e. The highest BCUT2D eigenvalue weighted by molar-refractivity contribution is 5.87. The normalized spacial score (nSPS) is 13.0. The molecule has 4 atom stereocenters. The minimum Gasteiger partial charge on any atom is -0.513 e. The van der Waals surface area contributed by atoms with Gasteiger partial charge in [-0.15, -0.1) is 0 Å². The standard InChI is InChI=1S/C40H69N5O12/c1-29(47)18-14-12-10-8-6-4-2-3-5-7-9-11-13-15-20-35(49)43-32(39(54)55)22-25-37(51)45-33(40(56)57)23-26-36(50)44-31(38(52)53)21-24-34(48)42-27-17-16-19-30(41)28-46/h28,30-33,47H,1-27,41H2,(H,42,48)(H,43,49)(H,44,50)(H,45,51)(H,52,53)(H,54,55)(H,56,57)/t30-,31-,32-,33-/m0/s1. The lowest BCUT2D eigenvalue weighted by Gasteiger charge is -2.18. The number of aliphatic hydroxyl groups is 1. The van der Waals surface area contributed by atoms with Gasteiger partial charge in [0.05, 0.1) is 11.8 Å². The average Bonchev–Trinajstić information content (AvgIpc) is 3.15. The van der Waals surface area contributed by atoms with Gasteiger partial charge in [-0.2, -0.15) is 0 Å². The topological polar surface area (TPSA) is 292 Å². The van der Waals surface area contributed by atoms with E-state index < -0.39 is 85.0 Å². The average molecular weight is 812 g/mol. The van der Waals surface area contributed by atoms with E-state index >= 15 is 0 Å². The summed E-state index contributed by atoms with van der Waals surface area (Å²) in [6, 6.07) is -4.87. The zero-order valence-corrected chi connectivity index (χ0v) is 33.6. The molecule has 0 bridgehead atoms. The van der Waals surface area contributed by atoms with Crippen molar-refractivity contribution in [2.24, 2.45) is 5.73 Å². The van der Waals surface area contributed by atoms with Crippen molar-refractivity contribution in [1.29, 1.82) is 0 Å². The van der Waals surface area contributed by atoms with E-state index in [1.807, 2.05) is 0 Å². The minimum atomic E-state index is -1.53. The number of aliphatic hydroxyl groups excluding tert-OH is 1. The highest BCUT2D eigenvalue weighted by atomic mass is 16.4. The van der Waals surface area contributed by atoms with E-state index in [-0.39, 0.29) is 31.4 Å². The Bertz CT molecular complexity index is 1250. The third-order valence-corrected chi connectivity index (χ3v) is 9.46. The molecule has 0 saturated heterocycles. The molecule has 4 amide bonds. The molecule has 0 aromatic rings. The number of allylic oxidation sites excluding steroid dienone is 1. The van der Waals surface area contributed by atoms with E-state index in [9.17, 15) is 53.7 Å². The van der Waals surface area contributed by atoms with Crippen molar-refractivity contribution in [3.8, 4) is 0 Å². The Balaban J connectivity index is 4.34. The highest BCUT2D eigenvalue weighted by Crippen LogP contribution is 2.14. The van der Waals surface area contributed by atoms with E-state index in [1.54, 1.807) is 0 Å². The quantitative estimate of drug-likeness (QED) is 0.0241. The van der Waals surface area contributed by atoms with Gasteiger partial charge in [0, 0.05) is 38.6 Å². The number of nitrogens with two attached hydrogens (primary N) is 1. The number of unbranched alkanes of at least 4 members (excludes halogenated alkanes) is 14. The number of hydrogen-bond donors (Lipinski definition) is 9. The second-order valence-corrected chi connectivity index (χ2v) is 14.7. The molecule has 0 aliphatic carbocycles. The number of hydrogen-bond acceptors (Lipinski definition) is 10. The molecule has 0 rings (SSSR count). The van der Waals surface area contributed by atoms with Gasteiger partial charge >= 0.3 is 17.9 Å². The Hall–Kier alpha value is -4.54. The van der Waals surface area contributed by atoms with E-state index in [0.29, 0.717) is 44.9 Å². The second kappa shape index (κ2) is 33.6. The van der Waals surface area contributed by atoms with Crippen LogP contribution in [0.5, 0.6) is 0 Å². The number of aliphatic carboxylic acids is 3. The molecule has 57 heavy (non-hydrogen) atoms. The number of carboxylic acid groups (broad SMARTS) is 3. The van der Waals surface area contributed by atoms with Crippen LogP contribution in [0.3, 0.4) is 0 Å². The lowest BCUT2D eigenvalue weighted by atomic mass is 10.0. The zero-order valence-electron chi connectivity index (χ0n) is 33.6. The molecular formula is C40H69N5O12. The van der Waals surface area contributed by atoms with Crippen LogP contribution in [0.2, 0.25) is 0 Å². The molecule has 0 aromatic carbocycles. The summed E-state index contributed by atoms with van der Waals surface area (Å²) in [7, 11) is 0. The van der Waals surface area contributed by atoms with Gasteiger partial charge in [-0.25, -0.2) is 14.4 Å². The first-order valence-corrected chi connectivity index (χ1v) is 20.6. The third-order valence-electron chi connectivity index (χ3n) is 9.46. The number of carboxylic acids is 3. The van der Waals surface area contributed by atoms with Crippen LogP contribution in [0, 0.1) is 0 Å². The van der Waals surface area contributed by atoms with Gasteiger partial charge < -0.3 is 52.2 Å². The molecular weight excluding hydrogens is 742 g/mol. The molecule has 0 unspecified atom stereocenters.